The molecule has 0 fully saturated rings. The fourth-order valence-electron chi connectivity index (χ4n) is 2.31. The molecule has 132 valence electrons. The zero-order valence-electron chi connectivity index (χ0n) is 13.9. The third kappa shape index (κ3) is 5.02. The van der Waals surface area contributed by atoms with E-state index in [0.29, 0.717) is 0 Å². The van der Waals surface area contributed by atoms with E-state index in [1.807, 2.05) is 30.3 Å². The summed E-state index contributed by atoms with van der Waals surface area (Å²) in [7, 11) is 1.18. The van der Waals surface area contributed by atoms with Gasteiger partial charge in [-0.2, -0.15) is 4.89 Å². The topological polar surface area (TPSA) is 90.9 Å². The Balaban J connectivity index is 2.07. The number of carbonyl (C=O) groups is 3. The predicted octanol–water partition coefficient (Wildman–Crippen LogP) is 2.09. The van der Waals surface area contributed by atoms with Gasteiger partial charge in [-0.3, -0.25) is 9.68 Å². The van der Waals surface area contributed by atoms with Crippen molar-refractivity contribution in [1.29, 1.82) is 0 Å². The van der Waals surface area contributed by atoms with Crippen LogP contribution >= 0.6 is 0 Å². The number of ether oxygens (including phenoxy) is 1. The Hall–Kier alpha value is -2.93. The van der Waals surface area contributed by atoms with Gasteiger partial charge in [0.25, 0.3) is 0 Å². The summed E-state index contributed by atoms with van der Waals surface area (Å²) in [6, 6.07) is 7.99. The number of allylic oxidation sites excluding steroid dienone is 2. The number of amides is 1. The number of carbonyl (C=O) groups excluding carboxylic acids is 3. The first-order chi connectivity index (χ1) is 11.9. The molecule has 0 aromatic heterocycles. The summed E-state index contributed by atoms with van der Waals surface area (Å²) >= 11 is 0. The Bertz CT molecular complexity index is 679. The van der Waals surface area contributed by atoms with Crippen LogP contribution in [0.5, 0.6) is 0 Å². The normalized spacial score (nSPS) is 16.2. The standard InChI is InChI=1S/C18H19NO6/c1-18(10-8-14(20)9-11-18)15(16(21)25-23-2)19-17(22)24-12-13-6-4-3-5-7-13/h3-11,15H,12H2,1-2H3,(H,19,22). The van der Waals surface area contributed by atoms with E-state index < -0.39 is 23.5 Å². The summed E-state index contributed by atoms with van der Waals surface area (Å²) in [6.45, 7) is 1.73. The number of benzene rings is 1. The van der Waals surface area contributed by atoms with Crippen molar-refractivity contribution in [2.75, 3.05) is 7.11 Å². The molecular formula is C18H19NO6. The van der Waals surface area contributed by atoms with Crippen molar-refractivity contribution in [2.24, 2.45) is 5.41 Å². The van der Waals surface area contributed by atoms with Crippen LogP contribution in [-0.2, 0) is 30.7 Å². The van der Waals surface area contributed by atoms with Gasteiger partial charge in [0, 0.05) is 5.41 Å². The largest absolute Gasteiger partial charge is 0.445 e. The molecule has 7 heteroatoms. The minimum Gasteiger partial charge on any atom is -0.445 e. The van der Waals surface area contributed by atoms with Crippen molar-refractivity contribution in [3.63, 3.8) is 0 Å². The molecule has 0 heterocycles. The molecule has 0 saturated carbocycles. The molecule has 0 bridgehead atoms. The summed E-state index contributed by atoms with van der Waals surface area (Å²) in [5, 5.41) is 2.47. The van der Waals surface area contributed by atoms with Gasteiger partial charge in [0.15, 0.2) is 5.78 Å². The van der Waals surface area contributed by atoms with Crippen molar-refractivity contribution in [2.45, 2.75) is 19.6 Å². The van der Waals surface area contributed by atoms with Crippen LogP contribution in [0.3, 0.4) is 0 Å². The van der Waals surface area contributed by atoms with Crippen molar-refractivity contribution < 1.29 is 28.9 Å². The first-order valence-corrected chi connectivity index (χ1v) is 7.59. The Morgan fingerprint density at radius 1 is 1.16 bits per heavy atom. The lowest BCUT2D eigenvalue weighted by atomic mass is 9.79. The average Bonchev–Trinajstić information content (AvgIpc) is 2.61. The summed E-state index contributed by atoms with van der Waals surface area (Å²) in [5.41, 5.74) is -0.155. The third-order valence-electron chi connectivity index (χ3n) is 3.71. The van der Waals surface area contributed by atoms with E-state index in [4.69, 9.17) is 4.74 Å². The molecule has 0 spiro atoms. The molecule has 2 rings (SSSR count). The maximum absolute atomic E-state index is 12.2. The molecule has 1 aromatic rings. The highest BCUT2D eigenvalue weighted by Gasteiger charge is 2.40. The molecule has 1 aliphatic carbocycles. The molecule has 25 heavy (non-hydrogen) atoms. The highest BCUT2D eigenvalue weighted by atomic mass is 17.2. The third-order valence-corrected chi connectivity index (χ3v) is 3.71. The highest BCUT2D eigenvalue weighted by Crippen LogP contribution is 2.29. The van der Waals surface area contributed by atoms with Gasteiger partial charge >= 0.3 is 12.1 Å². The fourth-order valence-corrected chi connectivity index (χ4v) is 2.31. The minimum atomic E-state index is -1.13. The van der Waals surface area contributed by atoms with Gasteiger partial charge in [-0.15, -0.1) is 0 Å². The van der Waals surface area contributed by atoms with E-state index >= 15 is 0 Å². The SMILES string of the molecule is COOC(=O)C(NC(=O)OCc1ccccc1)C1(C)C=CC(=O)C=C1. The maximum Gasteiger partial charge on any atom is 0.408 e. The first kappa shape index (κ1) is 18.4. The van der Waals surface area contributed by atoms with Crippen LogP contribution in [0, 0.1) is 5.41 Å². The second-order valence-electron chi connectivity index (χ2n) is 5.64. The highest BCUT2D eigenvalue weighted by molar-refractivity contribution is 6.00. The van der Waals surface area contributed by atoms with Gasteiger partial charge in [-0.25, -0.2) is 9.59 Å². The second-order valence-corrected chi connectivity index (χ2v) is 5.64. The Labute approximate surface area is 145 Å². The molecule has 7 nitrogen and oxygen atoms in total. The smallest absolute Gasteiger partial charge is 0.408 e. The van der Waals surface area contributed by atoms with Crippen LogP contribution in [0.15, 0.2) is 54.6 Å². The monoisotopic (exact) mass is 345 g/mol. The molecule has 0 aliphatic heterocycles. The van der Waals surface area contributed by atoms with Crippen molar-refractivity contribution in [3.05, 3.63) is 60.2 Å². The molecule has 1 unspecified atom stereocenters. The van der Waals surface area contributed by atoms with E-state index in [-0.39, 0.29) is 12.4 Å². The zero-order chi connectivity index (χ0) is 18.3. The Morgan fingerprint density at radius 2 is 1.80 bits per heavy atom. The molecule has 1 aromatic carbocycles. The van der Waals surface area contributed by atoms with Crippen LogP contribution in [-0.4, -0.2) is 31.0 Å². The number of nitrogens with one attached hydrogen (secondary N) is 1. The fraction of sp³-hybridized carbons (Fsp3) is 0.278. The molecule has 1 amide bonds. The molecule has 1 N–H and O–H groups in total. The van der Waals surface area contributed by atoms with Gasteiger partial charge < -0.3 is 10.1 Å². The van der Waals surface area contributed by atoms with Crippen LogP contribution in [0.25, 0.3) is 0 Å². The lowest BCUT2D eigenvalue weighted by Gasteiger charge is -2.31. The number of hydrogen-bond donors (Lipinski definition) is 1. The van der Waals surface area contributed by atoms with Crippen LogP contribution in [0.1, 0.15) is 12.5 Å². The number of alkyl carbamates (subject to hydrolysis) is 1. The van der Waals surface area contributed by atoms with E-state index in [2.05, 4.69) is 15.1 Å². The van der Waals surface area contributed by atoms with E-state index in [1.165, 1.54) is 31.4 Å². The zero-order valence-corrected chi connectivity index (χ0v) is 13.9. The van der Waals surface area contributed by atoms with Crippen molar-refractivity contribution >= 4 is 17.8 Å². The molecule has 0 saturated heterocycles. The van der Waals surface area contributed by atoms with Gasteiger partial charge in [0.05, 0.1) is 7.11 Å². The molecule has 1 aliphatic rings. The lowest BCUT2D eigenvalue weighted by Crippen LogP contribution is -2.51. The van der Waals surface area contributed by atoms with Crippen LogP contribution < -0.4 is 5.32 Å². The average molecular weight is 345 g/mol. The summed E-state index contributed by atoms with van der Waals surface area (Å²) in [5.74, 6) is -1.02. The molecule has 1 atom stereocenters. The number of ketones is 1. The molecule has 0 radical (unpaired) electrons. The van der Waals surface area contributed by atoms with Crippen molar-refractivity contribution in [3.8, 4) is 0 Å². The molecular weight excluding hydrogens is 326 g/mol. The van der Waals surface area contributed by atoms with Gasteiger partial charge in [-0.05, 0) is 24.6 Å². The summed E-state index contributed by atoms with van der Waals surface area (Å²) in [4.78, 5) is 44.5. The maximum atomic E-state index is 12.2. The van der Waals surface area contributed by atoms with E-state index in [0.717, 1.165) is 5.56 Å². The van der Waals surface area contributed by atoms with E-state index in [9.17, 15) is 14.4 Å². The second kappa shape index (κ2) is 8.25. The van der Waals surface area contributed by atoms with Crippen molar-refractivity contribution in [1.82, 2.24) is 5.32 Å². The van der Waals surface area contributed by atoms with E-state index in [1.54, 1.807) is 6.92 Å². The first-order valence-electron chi connectivity index (χ1n) is 7.59. The van der Waals surface area contributed by atoms with Gasteiger partial charge in [0.2, 0.25) is 0 Å². The minimum absolute atomic E-state index is 0.0552. The Morgan fingerprint density at radius 3 is 2.40 bits per heavy atom. The van der Waals surface area contributed by atoms with Crippen LogP contribution in [0.2, 0.25) is 0 Å². The summed E-state index contributed by atoms with van der Waals surface area (Å²) in [6.07, 6.45) is 4.90. The quantitative estimate of drug-likeness (QED) is 0.627. The summed E-state index contributed by atoms with van der Waals surface area (Å²) < 4.78 is 5.13. The van der Waals surface area contributed by atoms with Gasteiger partial charge in [-0.1, -0.05) is 42.5 Å². The number of hydrogen-bond acceptors (Lipinski definition) is 6. The van der Waals surface area contributed by atoms with Crippen LogP contribution in [0.4, 0.5) is 4.79 Å². The lowest BCUT2D eigenvalue weighted by molar-refractivity contribution is -0.258. The number of rotatable bonds is 6. The van der Waals surface area contributed by atoms with Gasteiger partial charge in [0.1, 0.15) is 12.6 Å². The Kier molecular flexibility index (Phi) is 6.08. The predicted molar refractivity (Wildman–Crippen MR) is 88.0 cm³/mol.